The molecule has 122 valence electrons. The van der Waals surface area contributed by atoms with E-state index >= 15 is 0 Å². The second-order valence-corrected chi connectivity index (χ2v) is 4.79. The van der Waals surface area contributed by atoms with E-state index in [0.29, 0.717) is 11.3 Å². The second kappa shape index (κ2) is 5.84. The van der Waals surface area contributed by atoms with Crippen LogP contribution in [0.15, 0.2) is 42.9 Å². The molecule has 0 amide bonds. The van der Waals surface area contributed by atoms with Gasteiger partial charge in [-0.25, -0.2) is 15.0 Å². The van der Waals surface area contributed by atoms with Crippen molar-refractivity contribution in [2.24, 2.45) is 0 Å². The highest BCUT2D eigenvalue weighted by atomic mass is 19.4. The van der Waals surface area contributed by atoms with E-state index in [9.17, 15) is 17.6 Å². The van der Waals surface area contributed by atoms with Crippen LogP contribution in [0.25, 0.3) is 22.5 Å². The molecule has 0 radical (unpaired) electrons. The van der Waals surface area contributed by atoms with Gasteiger partial charge in [0.05, 0.1) is 11.9 Å². The number of nitrogens with zero attached hydrogens (tertiary/aromatic N) is 4. The van der Waals surface area contributed by atoms with Gasteiger partial charge in [0.15, 0.2) is 0 Å². The molecule has 0 atom stereocenters. The lowest BCUT2D eigenvalue weighted by atomic mass is 10.1. The van der Waals surface area contributed by atoms with Crippen molar-refractivity contribution in [3.05, 3.63) is 54.5 Å². The lowest BCUT2D eigenvalue weighted by molar-refractivity contribution is -0.141. The van der Waals surface area contributed by atoms with Gasteiger partial charge in [0.2, 0.25) is 5.95 Å². The van der Waals surface area contributed by atoms with Crippen molar-refractivity contribution in [1.29, 1.82) is 0 Å². The van der Waals surface area contributed by atoms with Gasteiger partial charge in [-0.1, -0.05) is 0 Å². The molecule has 0 spiro atoms. The van der Waals surface area contributed by atoms with Gasteiger partial charge >= 0.3 is 6.18 Å². The molecule has 3 rings (SSSR count). The monoisotopic (exact) mass is 335 g/mol. The number of pyridine rings is 2. The van der Waals surface area contributed by atoms with Crippen molar-refractivity contribution >= 4 is 5.82 Å². The molecule has 0 saturated heterocycles. The molecule has 0 aliphatic rings. The quantitative estimate of drug-likeness (QED) is 0.574. The van der Waals surface area contributed by atoms with Crippen LogP contribution >= 0.6 is 0 Å². The van der Waals surface area contributed by atoms with E-state index in [1.54, 1.807) is 0 Å². The first-order valence-corrected chi connectivity index (χ1v) is 6.62. The molecule has 3 aromatic heterocycles. The zero-order chi connectivity index (χ0) is 17.3. The van der Waals surface area contributed by atoms with Crippen LogP contribution in [0.2, 0.25) is 0 Å². The van der Waals surface area contributed by atoms with Crippen LogP contribution in [-0.2, 0) is 6.18 Å². The predicted molar refractivity (Wildman–Crippen MR) is 77.9 cm³/mol. The largest absolute Gasteiger partial charge is 0.433 e. The Morgan fingerprint density at radius 2 is 1.54 bits per heavy atom. The normalized spacial score (nSPS) is 11.5. The summed E-state index contributed by atoms with van der Waals surface area (Å²) in [4.78, 5) is 15.1. The zero-order valence-corrected chi connectivity index (χ0v) is 11.9. The molecule has 0 fully saturated rings. The number of hydrogen-bond acceptors (Lipinski definition) is 5. The summed E-state index contributed by atoms with van der Waals surface area (Å²) in [6.45, 7) is 0. The van der Waals surface area contributed by atoms with Crippen LogP contribution in [0.1, 0.15) is 5.69 Å². The van der Waals surface area contributed by atoms with E-state index in [1.807, 2.05) is 0 Å². The van der Waals surface area contributed by atoms with E-state index in [1.165, 1.54) is 24.5 Å². The summed E-state index contributed by atoms with van der Waals surface area (Å²) in [6, 6.07) is 4.66. The minimum Gasteiger partial charge on any atom is -0.382 e. The molecule has 3 heterocycles. The Morgan fingerprint density at radius 3 is 2.12 bits per heavy atom. The summed E-state index contributed by atoms with van der Waals surface area (Å²) in [5.74, 6) is -0.607. The summed E-state index contributed by atoms with van der Waals surface area (Å²) in [5.41, 5.74) is 6.04. The zero-order valence-electron chi connectivity index (χ0n) is 11.9. The Bertz CT molecular complexity index is 861. The molecule has 3 aromatic rings. The first kappa shape index (κ1) is 15.8. The fourth-order valence-electron chi connectivity index (χ4n) is 1.98. The van der Waals surface area contributed by atoms with Crippen molar-refractivity contribution in [2.75, 3.05) is 5.73 Å². The van der Waals surface area contributed by atoms with E-state index in [2.05, 4.69) is 19.9 Å². The van der Waals surface area contributed by atoms with Crippen molar-refractivity contribution in [3.63, 3.8) is 0 Å². The van der Waals surface area contributed by atoms with Crippen molar-refractivity contribution in [3.8, 4) is 22.5 Å². The van der Waals surface area contributed by atoms with Gasteiger partial charge < -0.3 is 5.73 Å². The maximum absolute atomic E-state index is 12.9. The van der Waals surface area contributed by atoms with Crippen LogP contribution in [0.5, 0.6) is 0 Å². The van der Waals surface area contributed by atoms with Gasteiger partial charge in [-0.3, -0.25) is 4.98 Å². The van der Waals surface area contributed by atoms with Crippen molar-refractivity contribution < 1.29 is 17.6 Å². The molecule has 0 aromatic carbocycles. The highest BCUT2D eigenvalue weighted by Gasteiger charge is 2.32. The minimum absolute atomic E-state index is 0.0374. The predicted octanol–water partition coefficient (Wildman–Crippen LogP) is 3.34. The van der Waals surface area contributed by atoms with Crippen LogP contribution in [0, 0.1) is 5.95 Å². The SMILES string of the molecule is Nc1ncc(-c2ccc(F)nc2)nc1-c1ccc(C(F)(F)F)nc1. The number of aromatic nitrogens is 4. The third-order valence-corrected chi connectivity index (χ3v) is 3.15. The molecular formula is C15H9F4N5. The number of rotatable bonds is 2. The highest BCUT2D eigenvalue weighted by Crippen LogP contribution is 2.30. The van der Waals surface area contributed by atoms with Crippen molar-refractivity contribution in [1.82, 2.24) is 19.9 Å². The molecule has 0 bridgehead atoms. The first-order chi connectivity index (χ1) is 11.3. The first-order valence-electron chi connectivity index (χ1n) is 6.62. The van der Waals surface area contributed by atoms with Crippen LogP contribution in [0.3, 0.4) is 0 Å². The van der Waals surface area contributed by atoms with Gasteiger partial charge in [-0.2, -0.15) is 17.6 Å². The molecule has 24 heavy (non-hydrogen) atoms. The number of nitrogens with two attached hydrogens (primary N) is 1. The Morgan fingerprint density at radius 1 is 0.833 bits per heavy atom. The molecule has 9 heteroatoms. The summed E-state index contributed by atoms with van der Waals surface area (Å²) in [7, 11) is 0. The third-order valence-electron chi connectivity index (χ3n) is 3.15. The maximum atomic E-state index is 12.9. The molecule has 0 saturated carbocycles. The number of anilines is 1. The van der Waals surface area contributed by atoms with E-state index in [-0.39, 0.29) is 17.1 Å². The molecule has 5 nitrogen and oxygen atoms in total. The lowest BCUT2D eigenvalue weighted by Gasteiger charge is -2.09. The van der Waals surface area contributed by atoms with Gasteiger partial charge in [0.25, 0.3) is 0 Å². The fourth-order valence-corrected chi connectivity index (χ4v) is 1.98. The average molecular weight is 335 g/mol. The molecule has 0 unspecified atom stereocenters. The molecule has 2 N–H and O–H groups in total. The smallest absolute Gasteiger partial charge is 0.382 e. The van der Waals surface area contributed by atoms with Crippen molar-refractivity contribution in [2.45, 2.75) is 6.18 Å². The van der Waals surface area contributed by atoms with Gasteiger partial charge in [-0.15, -0.1) is 0 Å². The molecule has 0 aliphatic carbocycles. The highest BCUT2D eigenvalue weighted by molar-refractivity contribution is 5.72. The Balaban J connectivity index is 2.02. The number of halogens is 4. The number of hydrogen-bond donors (Lipinski definition) is 1. The van der Waals surface area contributed by atoms with E-state index < -0.39 is 17.8 Å². The fraction of sp³-hybridized carbons (Fsp3) is 0.0667. The van der Waals surface area contributed by atoms with Gasteiger partial charge in [0, 0.05) is 23.5 Å². The van der Waals surface area contributed by atoms with Crippen LogP contribution < -0.4 is 5.73 Å². The number of nitrogen functional groups attached to an aromatic ring is 1. The minimum atomic E-state index is -4.53. The Kier molecular flexibility index (Phi) is 3.84. The van der Waals surface area contributed by atoms with E-state index in [0.717, 1.165) is 18.3 Å². The summed E-state index contributed by atoms with van der Waals surface area (Å²) in [5, 5.41) is 0. The summed E-state index contributed by atoms with van der Waals surface area (Å²) in [6.07, 6.45) is -0.872. The Labute approximate surface area is 133 Å². The van der Waals surface area contributed by atoms with Crippen LogP contribution in [-0.4, -0.2) is 19.9 Å². The molecule has 0 aliphatic heterocycles. The standard InChI is InChI=1S/C15H9F4N5/c16-12-4-2-8(5-22-12)10-7-23-14(20)13(24-10)9-1-3-11(21-6-9)15(17,18)19/h1-7H,(H2,20,23). The lowest BCUT2D eigenvalue weighted by Crippen LogP contribution is -2.07. The number of alkyl halides is 3. The summed E-state index contributed by atoms with van der Waals surface area (Å²) >= 11 is 0. The maximum Gasteiger partial charge on any atom is 0.433 e. The summed E-state index contributed by atoms with van der Waals surface area (Å²) < 4.78 is 50.6. The van der Waals surface area contributed by atoms with Crippen LogP contribution in [0.4, 0.5) is 23.4 Å². The molecular weight excluding hydrogens is 326 g/mol. The average Bonchev–Trinajstić information content (AvgIpc) is 2.55. The van der Waals surface area contributed by atoms with E-state index in [4.69, 9.17) is 5.73 Å². The Hall–Kier alpha value is -3.10. The van der Waals surface area contributed by atoms with Gasteiger partial charge in [-0.05, 0) is 24.3 Å². The van der Waals surface area contributed by atoms with Gasteiger partial charge in [0.1, 0.15) is 17.2 Å². The third kappa shape index (κ3) is 3.14. The second-order valence-electron chi connectivity index (χ2n) is 4.79. The topological polar surface area (TPSA) is 77.6 Å².